The lowest BCUT2D eigenvalue weighted by Crippen LogP contribution is -2.21. The number of rotatable bonds is 6. The third kappa shape index (κ3) is 4.18. The third-order valence-corrected chi connectivity index (χ3v) is 3.82. The Bertz CT molecular complexity index is 630. The van der Waals surface area contributed by atoms with Crippen molar-refractivity contribution in [2.75, 3.05) is 0 Å². The van der Waals surface area contributed by atoms with Crippen LogP contribution >= 0.6 is 11.8 Å². The van der Waals surface area contributed by atoms with Gasteiger partial charge in [-0.2, -0.15) is 0 Å². The minimum atomic E-state index is -0.190. The van der Waals surface area contributed by atoms with Gasteiger partial charge in [-0.3, -0.25) is 4.57 Å². The van der Waals surface area contributed by atoms with Gasteiger partial charge in [0.2, 0.25) is 0 Å². The van der Waals surface area contributed by atoms with Crippen molar-refractivity contribution in [1.82, 2.24) is 25.1 Å². The molecule has 2 aromatic rings. The van der Waals surface area contributed by atoms with E-state index in [-0.39, 0.29) is 11.7 Å². The van der Waals surface area contributed by atoms with Crippen molar-refractivity contribution < 1.29 is 0 Å². The number of hydrogen-bond acceptors (Lipinski definition) is 5. The average molecular weight is 307 g/mol. The molecule has 0 bridgehead atoms. The quantitative estimate of drug-likeness (QED) is 0.855. The fourth-order valence-electron chi connectivity index (χ4n) is 1.81. The zero-order chi connectivity index (χ0) is 15.4. The summed E-state index contributed by atoms with van der Waals surface area (Å²) in [5.74, 6) is 0. The molecule has 2 heterocycles. The van der Waals surface area contributed by atoms with Crippen LogP contribution in [0.25, 0.3) is 0 Å². The standard InChI is InChI=1S/C14H21N5OS/c1-9(2)15-7-11-5-6-12(16-8-11)21-14-18-17-13(20)19(14)10(3)4/h5-6,8-10,15H,7H2,1-4H3,(H,17,20). The first-order chi connectivity index (χ1) is 9.97. The summed E-state index contributed by atoms with van der Waals surface area (Å²) in [5.41, 5.74) is 0.946. The normalized spacial score (nSPS) is 11.5. The molecular weight excluding hydrogens is 286 g/mol. The summed E-state index contributed by atoms with van der Waals surface area (Å²) in [4.78, 5) is 16.1. The molecule has 0 aromatic carbocycles. The maximum Gasteiger partial charge on any atom is 0.344 e. The lowest BCUT2D eigenvalue weighted by molar-refractivity contribution is 0.534. The molecule has 7 heteroatoms. The lowest BCUT2D eigenvalue weighted by Gasteiger charge is -2.09. The molecule has 0 spiro atoms. The van der Waals surface area contributed by atoms with Gasteiger partial charge < -0.3 is 5.32 Å². The van der Waals surface area contributed by atoms with Gasteiger partial charge in [0.05, 0.1) is 0 Å². The van der Waals surface area contributed by atoms with Gasteiger partial charge in [0.25, 0.3) is 0 Å². The van der Waals surface area contributed by atoms with Gasteiger partial charge in [-0.15, -0.1) is 5.10 Å². The molecule has 0 aliphatic rings. The molecule has 2 N–H and O–H groups in total. The summed E-state index contributed by atoms with van der Waals surface area (Å²) >= 11 is 1.39. The summed E-state index contributed by atoms with van der Waals surface area (Å²) < 4.78 is 1.63. The van der Waals surface area contributed by atoms with Crippen LogP contribution in [-0.2, 0) is 6.54 Å². The highest BCUT2D eigenvalue weighted by Crippen LogP contribution is 2.24. The van der Waals surface area contributed by atoms with Crippen molar-refractivity contribution >= 4 is 11.8 Å². The van der Waals surface area contributed by atoms with E-state index in [0.717, 1.165) is 17.1 Å². The Morgan fingerprint density at radius 3 is 2.67 bits per heavy atom. The van der Waals surface area contributed by atoms with Crippen LogP contribution in [-0.4, -0.2) is 25.8 Å². The van der Waals surface area contributed by atoms with E-state index in [0.29, 0.717) is 11.2 Å². The van der Waals surface area contributed by atoms with E-state index in [2.05, 4.69) is 34.3 Å². The van der Waals surface area contributed by atoms with Crippen molar-refractivity contribution in [3.63, 3.8) is 0 Å². The Morgan fingerprint density at radius 1 is 1.33 bits per heavy atom. The monoisotopic (exact) mass is 307 g/mol. The van der Waals surface area contributed by atoms with Crippen LogP contribution in [0.15, 0.2) is 33.3 Å². The van der Waals surface area contributed by atoms with Crippen molar-refractivity contribution in [2.24, 2.45) is 0 Å². The SMILES string of the molecule is CC(C)NCc1ccc(Sc2n[nH]c(=O)n2C(C)C)nc1. The molecule has 0 radical (unpaired) electrons. The first kappa shape index (κ1) is 15.8. The average Bonchev–Trinajstić information content (AvgIpc) is 2.79. The van der Waals surface area contributed by atoms with E-state index in [1.165, 1.54) is 11.8 Å². The number of aromatic amines is 1. The Labute approximate surface area is 128 Å². The van der Waals surface area contributed by atoms with E-state index in [1.54, 1.807) is 4.57 Å². The molecule has 0 fully saturated rings. The van der Waals surface area contributed by atoms with Gasteiger partial charge in [0.1, 0.15) is 5.03 Å². The van der Waals surface area contributed by atoms with E-state index in [4.69, 9.17) is 0 Å². The molecular formula is C14H21N5OS. The van der Waals surface area contributed by atoms with E-state index in [1.807, 2.05) is 32.2 Å². The Balaban J connectivity index is 2.09. The molecule has 2 rings (SSSR count). The second kappa shape index (κ2) is 6.91. The number of nitrogens with zero attached hydrogens (tertiary/aromatic N) is 3. The summed E-state index contributed by atoms with van der Waals surface area (Å²) in [7, 11) is 0. The number of H-pyrrole nitrogens is 1. The Morgan fingerprint density at radius 2 is 2.10 bits per heavy atom. The summed E-state index contributed by atoms with van der Waals surface area (Å²) in [5, 5.41) is 11.3. The number of hydrogen-bond donors (Lipinski definition) is 2. The molecule has 2 aromatic heterocycles. The summed E-state index contributed by atoms with van der Waals surface area (Å²) in [6.07, 6.45) is 1.85. The fourth-order valence-corrected chi connectivity index (χ4v) is 2.72. The van der Waals surface area contributed by atoms with E-state index in [9.17, 15) is 4.79 Å². The molecule has 0 aliphatic carbocycles. The highest BCUT2D eigenvalue weighted by molar-refractivity contribution is 7.99. The van der Waals surface area contributed by atoms with Gasteiger partial charge in [-0.1, -0.05) is 19.9 Å². The van der Waals surface area contributed by atoms with Crippen LogP contribution in [0.1, 0.15) is 39.3 Å². The number of pyridine rings is 1. The zero-order valence-electron chi connectivity index (χ0n) is 12.8. The van der Waals surface area contributed by atoms with Crippen LogP contribution < -0.4 is 11.0 Å². The van der Waals surface area contributed by atoms with Gasteiger partial charge in [-0.25, -0.2) is 14.9 Å². The molecule has 0 saturated heterocycles. The van der Waals surface area contributed by atoms with Gasteiger partial charge >= 0.3 is 5.69 Å². The molecule has 114 valence electrons. The Kier molecular flexibility index (Phi) is 5.19. The van der Waals surface area contributed by atoms with Crippen molar-refractivity contribution in [3.05, 3.63) is 34.4 Å². The first-order valence-electron chi connectivity index (χ1n) is 7.00. The Hall–Kier alpha value is -1.60. The molecule has 0 saturated carbocycles. The third-order valence-electron chi connectivity index (χ3n) is 2.90. The lowest BCUT2D eigenvalue weighted by atomic mass is 10.2. The van der Waals surface area contributed by atoms with Gasteiger partial charge in [0.15, 0.2) is 5.16 Å². The van der Waals surface area contributed by atoms with Crippen molar-refractivity contribution in [3.8, 4) is 0 Å². The predicted molar refractivity (Wildman–Crippen MR) is 83.6 cm³/mol. The molecule has 21 heavy (non-hydrogen) atoms. The highest BCUT2D eigenvalue weighted by Gasteiger charge is 2.13. The summed E-state index contributed by atoms with van der Waals surface area (Å²) in [6.45, 7) is 8.93. The highest BCUT2D eigenvalue weighted by atomic mass is 32.2. The second-order valence-electron chi connectivity index (χ2n) is 5.42. The molecule has 0 atom stereocenters. The second-order valence-corrected chi connectivity index (χ2v) is 6.40. The maximum atomic E-state index is 11.7. The van der Waals surface area contributed by atoms with Crippen LogP contribution in [0.2, 0.25) is 0 Å². The predicted octanol–water partition coefficient (Wildman–Crippen LogP) is 2.20. The molecule has 0 amide bonds. The van der Waals surface area contributed by atoms with Gasteiger partial charge in [-0.05, 0) is 37.2 Å². The van der Waals surface area contributed by atoms with E-state index < -0.39 is 0 Å². The van der Waals surface area contributed by atoms with Crippen LogP contribution in [0.3, 0.4) is 0 Å². The number of nitrogens with one attached hydrogen (secondary N) is 2. The first-order valence-corrected chi connectivity index (χ1v) is 7.82. The zero-order valence-corrected chi connectivity index (χ0v) is 13.6. The van der Waals surface area contributed by atoms with Crippen LogP contribution in [0.4, 0.5) is 0 Å². The maximum absolute atomic E-state index is 11.7. The fraction of sp³-hybridized carbons (Fsp3) is 0.500. The topological polar surface area (TPSA) is 75.6 Å². The smallest absolute Gasteiger partial charge is 0.310 e. The summed E-state index contributed by atoms with van der Waals surface area (Å²) in [6, 6.07) is 4.50. The van der Waals surface area contributed by atoms with Crippen molar-refractivity contribution in [1.29, 1.82) is 0 Å². The minimum absolute atomic E-state index is 0.0632. The number of aromatic nitrogens is 4. The van der Waals surface area contributed by atoms with Gasteiger partial charge in [0, 0.05) is 24.8 Å². The van der Waals surface area contributed by atoms with Crippen LogP contribution in [0, 0.1) is 0 Å². The molecule has 6 nitrogen and oxygen atoms in total. The van der Waals surface area contributed by atoms with E-state index >= 15 is 0 Å². The largest absolute Gasteiger partial charge is 0.344 e. The molecule has 0 unspecified atom stereocenters. The van der Waals surface area contributed by atoms with Crippen molar-refractivity contribution in [2.45, 2.75) is 56.5 Å². The molecule has 0 aliphatic heterocycles. The minimum Gasteiger partial charge on any atom is -0.310 e. The van der Waals surface area contributed by atoms with Crippen LogP contribution in [0.5, 0.6) is 0 Å².